The van der Waals surface area contributed by atoms with Crippen LogP contribution in [0.15, 0.2) is 30.3 Å². The van der Waals surface area contributed by atoms with Crippen LogP contribution in [0.5, 0.6) is 0 Å². The summed E-state index contributed by atoms with van der Waals surface area (Å²) in [6, 6.07) is 10.6. The van der Waals surface area contributed by atoms with Gasteiger partial charge in [-0.2, -0.15) is 0 Å². The third kappa shape index (κ3) is 2.58. The topological polar surface area (TPSA) is 3.24 Å². The maximum atomic E-state index is 7.82. The second-order valence-electron chi connectivity index (χ2n) is 4.22. The van der Waals surface area contributed by atoms with Crippen LogP contribution >= 0.6 is 0 Å². The highest BCUT2D eigenvalue weighted by Gasteiger charge is 2.15. The van der Waals surface area contributed by atoms with Crippen LogP contribution in [0.4, 0.5) is 0 Å². The molecule has 1 nitrogen and oxygen atoms in total. The molecular formula is C13H19N. The van der Waals surface area contributed by atoms with Gasteiger partial charge in [0.1, 0.15) is 0 Å². The van der Waals surface area contributed by atoms with E-state index in [0.29, 0.717) is 5.92 Å². The van der Waals surface area contributed by atoms with Crippen molar-refractivity contribution in [1.82, 2.24) is 4.90 Å². The van der Waals surface area contributed by atoms with Crippen LogP contribution in [0.1, 0.15) is 26.7 Å². The molecule has 0 aliphatic carbocycles. The van der Waals surface area contributed by atoms with Crippen LogP contribution in [0.3, 0.4) is 0 Å². The molecule has 1 aliphatic rings. The number of rotatable bonds is 2. The van der Waals surface area contributed by atoms with Crippen molar-refractivity contribution in [3.63, 3.8) is 0 Å². The maximum Gasteiger partial charge on any atom is 0.0270 e. The lowest BCUT2D eigenvalue weighted by atomic mass is 10.00. The van der Waals surface area contributed by atoms with Gasteiger partial charge in [-0.15, -0.1) is 0 Å². The molecule has 1 heterocycles. The molecule has 0 spiro atoms. The van der Waals surface area contributed by atoms with Crippen molar-refractivity contribution in [2.24, 2.45) is 5.92 Å². The number of piperidine rings is 1. The molecule has 0 aromatic heterocycles. The van der Waals surface area contributed by atoms with Gasteiger partial charge in [0.15, 0.2) is 0 Å². The zero-order chi connectivity index (χ0) is 10.7. The van der Waals surface area contributed by atoms with Gasteiger partial charge in [-0.3, -0.25) is 4.90 Å². The number of nitrogens with zero attached hydrogens (tertiary/aromatic N) is 1. The standard InChI is InChI=1S/C13H19N/c1-12-6-5-9-14(10-12)11-13-7-3-2-4-8-13/h2-4,7-8,12H,5-6,9-11H2,1H3/i6T. The molecule has 1 aromatic carbocycles. The molecule has 14 heavy (non-hydrogen) atoms. The largest absolute Gasteiger partial charge is 0.299 e. The normalized spacial score (nSPS) is 29.9. The quantitative estimate of drug-likeness (QED) is 0.694. The molecule has 2 unspecified atom stereocenters. The van der Waals surface area contributed by atoms with Crippen molar-refractivity contribution < 1.29 is 1.37 Å². The summed E-state index contributed by atoms with van der Waals surface area (Å²) in [5.74, 6) is 0.516. The maximum absolute atomic E-state index is 7.82. The lowest BCUT2D eigenvalue weighted by Crippen LogP contribution is -2.33. The molecule has 1 fully saturated rings. The lowest BCUT2D eigenvalue weighted by molar-refractivity contribution is 0.176. The highest BCUT2D eigenvalue weighted by Crippen LogP contribution is 2.17. The fourth-order valence-corrected chi connectivity index (χ4v) is 2.10. The van der Waals surface area contributed by atoms with Crippen molar-refractivity contribution in [3.8, 4) is 0 Å². The third-order valence-corrected chi connectivity index (χ3v) is 2.81. The van der Waals surface area contributed by atoms with Gasteiger partial charge in [0.2, 0.25) is 0 Å². The van der Waals surface area contributed by atoms with Gasteiger partial charge in [-0.25, -0.2) is 0 Å². The molecular weight excluding hydrogens is 170 g/mol. The minimum absolute atomic E-state index is 0.150. The first-order chi connectivity index (χ1) is 7.25. The van der Waals surface area contributed by atoms with Gasteiger partial charge in [0, 0.05) is 14.5 Å². The Balaban J connectivity index is 1.91. The van der Waals surface area contributed by atoms with Crippen LogP contribution in [0.2, 0.25) is 0 Å². The Morgan fingerprint density at radius 2 is 2.21 bits per heavy atom. The minimum Gasteiger partial charge on any atom is -0.299 e. The first-order valence-electron chi connectivity index (χ1n) is 6.02. The van der Waals surface area contributed by atoms with E-state index in [1.807, 2.05) is 0 Å². The summed E-state index contributed by atoms with van der Waals surface area (Å²) in [7, 11) is 0. The Morgan fingerprint density at radius 1 is 1.43 bits per heavy atom. The molecule has 1 aromatic rings. The summed E-state index contributed by atoms with van der Waals surface area (Å²) in [5, 5.41) is 0. The van der Waals surface area contributed by atoms with E-state index in [1.165, 1.54) is 5.56 Å². The van der Waals surface area contributed by atoms with E-state index in [9.17, 15) is 0 Å². The summed E-state index contributed by atoms with van der Waals surface area (Å²) >= 11 is 0. The predicted molar refractivity (Wildman–Crippen MR) is 60.1 cm³/mol. The zero-order valence-corrected chi connectivity index (χ0v) is 8.82. The van der Waals surface area contributed by atoms with E-state index in [2.05, 4.69) is 42.2 Å². The summed E-state index contributed by atoms with van der Waals surface area (Å²) in [4.78, 5) is 2.46. The van der Waals surface area contributed by atoms with Crippen molar-refractivity contribution in [3.05, 3.63) is 35.9 Å². The van der Waals surface area contributed by atoms with Gasteiger partial charge < -0.3 is 0 Å². The Hall–Kier alpha value is -0.820. The van der Waals surface area contributed by atoms with Crippen molar-refractivity contribution in [2.45, 2.75) is 26.3 Å². The number of hydrogen-bond acceptors (Lipinski definition) is 1. The van der Waals surface area contributed by atoms with E-state index in [4.69, 9.17) is 1.37 Å². The molecule has 0 N–H and O–H groups in total. The van der Waals surface area contributed by atoms with Crippen LogP contribution in [0.25, 0.3) is 0 Å². The molecule has 2 atom stereocenters. The average molecular weight is 191 g/mol. The predicted octanol–water partition coefficient (Wildman–Crippen LogP) is 2.92. The highest BCUT2D eigenvalue weighted by molar-refractivity contribution is 5.14. The molecule has 1 saturated heterocycles. The van der Waals surface area contributed by atoms with Crippen LogP contribution in [-0.2, 0) is 6.54 Å². The summed E-state index contributed by atoms with van der Waals surface area (Å²) in [6.07, 6.45) is 1.17. The highest BCUT2D eigenvalue weighted by atomic mass is 15.1. The second kappa shape index (κ2) is 4.61. The summed E-state index contributed by atoms with van der Waals surface area (Å²) < 4.78 is 7.82. The smallest absolute Gasteiger partial charge is 0.0270 e. The summed E-state index contributed by atoms with van der Waals surface area (Å²) in [5.41, 5.74) is 1.38. The van der Waals surface area contributed by atoms with Crippen molar-refractivity contribution in [1.29, 1.82) is 0 Å². The van der Waals surface area contributed by atoms with Crippen LogP contribution in [0, 0.1) is 5.92 Å². The van der Waals surface area contributed by atoms with E-state index >= 15 is 0 Å². The van der Waals surface area contributed by atoms with Gasteiger partial charge >= 0.3 is 0 Å². The fourth-order valence-electron chi connectivity index (χ4n) is 2.10. The molecule has 2 rings (SSSR count). The van der Waals surface area contributed by atoms with Crippen molar-refractivity contribution >= 4 is 0 Å². The molecule has 76 valence electrons. The van der Waals surface area contributed by atoms with E-state index in [0.717, 1.165) is 26.1 Å². The first-order valence-corrected chi connectivity index (χ1v) is 5.44. The SMILES string of the molecule is [3H]C1CCN(Cc2ccccc2)CC1C. The Labute approximate surface area is 88.1 Å². The average Bonchev–Trinajstić information content (AvgIpc) is 2.25. The number of likely N-dealkylation sites (tertiary alicyclic amines) is 1. The first kappa shape index (κ1) is 8.49. The van der Waals surface area contributed by atoms with Gasteiger partial charge in [-0.05, 0) is 30.8 Å². The molecule has 0 saturated carbocycles. The molecule has 1 heteroatoms. The van der Waals surface area contributed by atoms with E-state index in [-0.39, 0.29) is 6.40 Å². The molecule has 0 bridgehead atoms. The van der Waals surface area contributed by atoms with Gasteiger partial charge in [-0.1, -0.05) is 37.3 Å². The molecule has 0 radical (unpaired) electrons. The monoisotopic (exact) mass is 191 g/mol. The van der Waals surface area contributed by atoms with E-state index < -0.39 is 0 Å². The lowest BCUT2D eigenvalue weighted by Gasteiger charge is -2.30. The number of benzene rings is 1. The van der Waals surface area contributed by atoms with Gasteiger partial charge in [0.05, 0.1) is 0 Å². The Morgan fingerprint density at radius 3 is 2.93 bits per heavy atom. The van der Waals surface area contributed by atoms with Crippen LogP contribution < -0.4 is 0 Å². The van der Waals surface area contributed by atoms with Gasteiger partial charge in [0.25, 0.3) is 0 Å². The van der Waals surface area contributed by atoms with E-state index in [1.54, 1.807) is 0 Å². The molecule has 0 amide bonds. The van der Waals surface area contributed by atoms with Crippen molar-refractivity contribution in [2.75, 3.05) is 13.1 Å². The van der Waals surface area contributed by atoms with Crippen LogP contribution in [-0.4, -0.2) is 18.0 Å². The zero-order valence-electron chi connectivity index (χ0n) is 9.82. The minimum atomic E-state index is 0.150. The Kier molecular flexibility index (Phi) is 2.79. The Bertz CT molecular complexity index is 299. The fraction of sp³-hybridized carbons (Fsp3) is 0.538. The second-order valence-corrected chi connectivity index (χ2v) is 4.22. The third-order valence-electron chi connectivity index (χ3n) is 2.81. The molecule has 1 aliphatic heterocycles. The number of hydrogen-bond donors (Lipinski definition) is 0. The summed E-state index contributed by atoms with van der Waals surface area (Å²) in [6.45, 7) is 5.38.